The molecular weight excluding hydrogens is 1180 g/mol. The fourth-order valence-corrected chi connectivity index (χ4v) is 0. The molecule has 19 heavy (non-hydrogen) atoms. The van der Waals surface area contributed by atoms with Gasteiger partial charge in [0, 0.05) is 0 Å². The molecule has 0 rings (SSSR count). The molecule has 102 valence electrons. The van der Waals surface area contributed by atoms with E-state index < -0.39 is 82.8 Å². The summed E-state index contributed by atoms with van der Waals surface area (Å²) in [6.07, 6.45) is 0. The van der Waals surface area contributed by atoms with E-state index in [4.69, 9.17) is 38.6 Å². The average molecular weight is 1180 g/mol. The maximum Gasteiger partial charge on any atom is 2.00 e. The van der Waals surface area contributed by atoms with E-state index in [9.17, 15) is 0 Å². The first-order valence-electron chi connectivity index (χ1n) is 2.32. The van der Waals surface area contributed by atoms with Crippen molar-refractivity contribution in [3.63, 3.8) is 0 Å². The van der Waals surface area contributed by atoms with Gasteiger partial charge in [0.15, 0.2) is 0 Å². The molecule has 0 aliphatic carbocycles. The van der Waals surface area contributed by atoms with Crippen molar-refractivity contribution in [2.45, 2.75) is 0 Å². The molecule has 0 aromatic carbocycles. The van der Waals surface area contributed by atoms with Crippen LogP contribution in [-0.4, -0.2) is 81.9 Å². The van der Waals surface area contributed by atoms with Crippen LogP contribution in [0.2, 0.25) is 0 Å². The summed E-state index contributed by atoms with van der Waals surface area (Å²) < 4.78 is 103. The van der Waals surface area contributed by atoms with Gasteiger partial charge in [-0.25, -0.2) is 0 Å². The van der Waals surface area contributed by atoms with Crippen molar-refractivity contribution in [2.75, 3.05) is 0 Å². The smallest absolute Gasteiger partial charge is 2.00 e. The van der Waals surface area contributed by atoms with Crippen LogP contribution in [0.25, 0.3) is 0 Å². The Morgan fingerprint density at radius 1 is 0.579 bits per heavy atom. The first kappa shape index (κ1) is 43.7. The van der Waals surface area contributed by atoms with E-state index in [2.05, 4.69) is 0 Å². The van der Waals surface area contributed by atoms with E-state index in [-0.39, 0.29) is 81.9 Å². The van der Waals surface area contributed by atoms with Crippen molar-refractivity contribution in [2.24, 2.45) is 0 Å². The summed E-state index contributed by atoms with van der Waals surface area (Å²) >= 11 is -17.0. The van der Waals surface area contributed by atoms with E-state index >= 15 is 0 Å². The Morgan fingerprint density at radius 2 is 0.579 bits per heavy atom. The first-order chi connectivity index (χ1) is 6.93. The van der Waals surface area contributed by atoms with Gasteiger partial charge in [-0.1, -0.05) is 0 Å². The van der Waals surface area contributed by atoms with E-state index in [0.717, 1.165) is 0 Å². The van der Waals surface area contributed by atoms with Crippen molar-refractivity contribution >= 4 is 81.9 Å². The molecule has 0 unspecified atom stereocenters. The molecule has 0 amide bonds. The standard InChI is InChI=1S/2Nb.12O.3Pb.2Zr/q;;;;;;;;6*-1;3*+2;;. The molecule has 0 heterocycles. The second-order valence-electron chi connectivity index (χ2n) is 0.947. The predicted octanol–water partition coefficient (Wildman–Crippen LogP) is -9.00. The third-order valence-corrected chi connectivity index (χ3v) is 0. The zero-order chi connectivity index (χ0) is 14.3. The van der Waals surface area contributed by atoms with Gasteiger partial charge in [-0.15, -0.1) is 0 Å². The largest absolute Gasteiger partial charge is 2.00 e. The molecule has 0 N–H and O–H groups in total. The summed E-state index contributed by atoms with van der Waals surface area (Å²) in [5.74, 6) is 0. The Labute approximate surface area is 198 Å². The maximum atomic E-state index is 8.61. The Hall–Kier alpha value is 4.57. The fraction of sp³-hybridized carbons (Fsp3) is 0. The molecular formula is Nb2O12Pb3Zr2. The van der Waals surface area contributed by atoms with Gasteiger partial charge in [0.2, 0.25) is 0 Å². The Bertz CT molecular complexity index is 265. The van der Waals surface area contributed by atoms with E-state index in [0.29, 0.717) is 0 Å². The molecule has 6 radical (unpaired) electrons. The molecule has 0 aliphatic rings. The minimum absolute atomic E-state index is 0. The average Bonchev–Trinajstić information content (AvgIpc) is 1.76. The van der Waals surface area contributed by atoms with Crippen LogP contribution in [0.1, 0.15) is 0 Å². The maximum absolute atomic E-state index is 8.61. The Balaban J connectivity index is -0.0000000192. The van der Waals surface area contributed by atoms with Crippen LogP contribution in [-0.2, 0) is 101 Å². The summed E-state index contributed by atoms with van der Waals surface area (Å²) in [7, 11) is 0. The summed E-state index contributed by atoms with van der Waals surface area (Å²) in [6.45, 7) is 0. The van der Waals surface area contributed by atoms with Crippen molar-refractivity contribution < 1.29 is 121 Å². The third-order valence-electron chi connectivity index (χ3n) is 0. The second kappa shape index (κ2) is 38.2. The monoisotopic (exact) mass is 1180 g/mol. The van der Waals surface area contributed by atoms with Crippen LogP contribution in [0, 0.1) is 0 Å². The van der Waals surface area contributed by atoms with Crippen LogP contribution in [0.5, 0.6) is 0 Å². The van der Waals surface area contributed by atoms with E-state index in [1.165, 1.54) is 0 Å². The van der Waals surface area contributed by atoms with Crippen LogP contribution in [0.15, 0.2) is 0 Å². The molecule has 0 saturated heterocycles. The molecule has 12 nitrogen and oxygen atoms in total. The van der Waals surface area contributed by atoms with Crippen molar-refractivity contribution in [3.05, 3.63) is 0 Å². The number of hydrogen-bond donors (Lipinski definition) is 0. The normalized spacial score (nSPS) is 5.37. The van der Waals surface area contributed by atoms with Crippen molar-refractivity contribution in [1.82, 2.24) is 0 Å². The van der Waals surface area contributed by atoms with Gasteiger partial charge in [-0.2, -0.15) is 0 Å². The first-order valence-corrected chi connectivity index (χ1v) is 13.7. The SMILES string of the molecule is [O]=[Nb](=[O])[O-].[O]=[Nb](=[O])[O-].[O]=[Zr]([O-])[O-].[O]=[Zr]([O-])[O-].[Pb+2].[Pb+2].[Pb+2]. The van der Waals surface area contributed by atoms with E-state index in [1.807, 2.05) is 0 Å². The molecule has 0 spiro atoms. The minimum atomic E-state index is -4.29. The van der Waals surface area contributed by atoms with E-state index in [1.54, 1.807) is 0 Å². The molecule has 0 bridgehead atoms. The van der Waals surface area contributed by atoms with Crippen molar-refractivity contribution in [3.8, 4) is 0 Å². The summed E-state index contributed by atoms with van der Waals surface area (Å²) in [5, 5.41) is 0. The van der Waals surface area contributed by atoms with Crippen LogP contribution >= 0.6 is 0 Å². The van der Waals surface area contributed by atoms with Crippen molar-refractivity contribution in [1.29, 1.82) is 0 Å². The summed E-state index contributed by atoms with van der Waals surface area (Å²) in [5.41, 5.74) is 0. The Kier molecular flexibility index (Phi) is 88.0. The van der Waals surface area contributed by atoms with Gasteiger partial charge in [0.05, 0.1) is 0 Å². The van der Waals surface area contributed by atoms with Crippen LogP contribution < -0.4 is 20.0 Å². The summed E-state index contributed by atoms with van der Waals surface area (Å²) in [6, 6.07) is 0. The molecule has 0 fully saturated rings. The zero-order valence-electron chi connectivity index (χ0n) is 8.29. The molecule has 0 aromatic rings. The topological polar surface area (TPSA) is 241 Å². The minimum Gasteiger partial charge on any atom is 2.00 e. The summed E-state index contributed by atoms with van der Waals surface area (Å²) in [4.78, 5) is 0. The predicted molar refractivity (Wildman–Crippen MR) is 21.4 cm³/mol. The zero-order valence-corrected chi connectivity index (χ0v) is 29.3. The van der Waals surface area contributed by atoms with Gasteiger partial charge in [0.1, 0.15) is 0 Å². The van der Waals surface area contributed by atoms with Gasteiger partial charge in [-0.3, -0.25) is 0 Å². The van der Waals surface area contributed by atoms with Gasteiger partial charge >= 0.3 is 203 Å². The van der Waals surface area contributed by atoms with Crippen LogP contribution in [0.3, 0.4) is 0 Å². The number of rotatable bonds is 0. The Morgan fingerprint density at radius 3 is 0.579 bits per heavy atom. The van der Waals surface area contributed by atoms with Gasteiger partial charge < -0.3 is 0 Å². The molecule has 19 heteroatoms. The molecule has 0 aliphatic heterocycles. The molecule has 0 aromatic heterocycles. The van der Waals surface area contributed by atoms with Crippen LogP contribution in [0.4, 0.5) is 0 Å². The molecule has 0 saturated carbocycles. The molecule has 0 atom stereocenters. The fourth-order valence-electron chi connectivity index (χ4n) is 0. The number of hydrogen-bond acceptors (Lipinski definition) is 12. The van der Waals surface area contributed by atoms with Gasteiger partial charge in [0.25, 0.3) is 0 Å². The van der Waals surface area contributed by atoms with Gasteiger partial charge in [-0.05, 0) is 0 Å². The quantitative estimate of drug-likeness (QED) is 0.206. The third kappa shape index (κ3) is 457. The second-order valence-corrected chi connectivity index (χ2v) is 5.60.